The van der Waals surface area contributed by atoms with Crippen molar-refractivity contribution in [3.63, 3.8) is 0 Å². The van der Waals surface area contributed by atoms with Gasteiger partial charge in [-0.2, -0.15) is 0 Å². The zero-order valence-corrected chi connectivity index (χ0v) is 16.8. The third kappa shape index (κ3) is 2.86. The van der Waals surface area contributed by atoms with Crippen molar-refractivity contribution in [1.82, 2.24) is 19.2 Å². The second-order valence-electron chi connectivity index (χ2n) is 7.80. The third-order valence-electron chi connectivity index (χ3n) is 6.18. The van der Waals surface area contributed by atoms with Gasteiger partial charge in [0.2, 0.25) is 5.91 Å². The molecule has 2 aromatic heterocycles. The van der Waals surface area contributed by atoms with Crippen LogP contribution in [0.2, 0.25) is 5.15 Å². The fourth-order valence-electron chi connectivity index (χ4n) is 4.75. The minimum absolute atomic E-state index is 0.0519. The maximum Gasteiger partial charge on any atom is 0.276 e. The van der Waals surface area contributed by atoms with Crippen LogP contribution in [-0.2, 0) is 17.6 Å². The Kier molecular flexibility index (Phi) is 4.39. The molecule has 3 heterocycles. The van der Waals surface area contributed by atoms with Gasteiger partial charge < -0.3 is 9.80 Å². The van der Waals surface area contributed by atoms with E-state index in [1.807, 2.05) is 9.30 Å². The molecule has 144 valence electrons. The molecule has 0 spiro atoms. The molecule has 1 saturated carbocycles. The molecule has 1 aliphatic heterocycles. The number of carbonyl (C=O) groups excluding carboxylic acids is 2. The Morgan fingerprint density at radius 3 is 2.67 bits per heavy atom. The van der Waals surface area contributed by atoms with Crippen LogP contribution < -0.4 is 0 Å². The van der Waals surface area contributed by atoms with E-state index in [0.717, 1.165) is 37.1 Å². The minimum atomic E-state index is -0.222. The first kappa shape index (κ1) is 17.5. The Bertz CT molecular complexity index is 915. The molecule has 5 rings (SSSR count). The van der Waals surface area contributed by atoms with Gasteiger partial charge in [0.05, 0.1) is 0 Å². The number of halogens is 1. The summed E-state index contributed by atoms with van der Waals surface area (Å²) in [4.78, 5) is 35.9. The minimum Gasteiger partial charge on any atom is -0.336 e. The Morgan fingerprint density at radius 2 is 1.89 bits per heavy atom. The Labute approximate surface area is 167 Å². The van der Waals surface area contributed by atoms with Crippen LogP contribution >= 0.6 is 22.9 Å². The lowest BCUT2D eigenvalue weighted by molar-refractivity contribution is -0.137. The SMILES string of the molecule is O=C(c1nc2sc3c(n2c1Cl)CCCC3)N1CCN(C2CCCC2)C(=O)C1. The first-order valence-electron chi connectivity index (χ1n) is 9.90. The fourth-order valence-corrected chi connectivity index (χ4v) is 6.31. The largest absolute Gasteiger partial charge is 0.336 e. The van der Waals surface area contributed by atoms with Gasteiger partial charge in [-0.1, -0.05) is 24.4 Å². The standard InChI is InChI=1S/C19H23ClN4O2S/c20-17-16(21-19-24(17)13-7-3-4-8-14(13)27-19)18(26)22-9-10-23(15(25)11-22)12-5-1-2-6-12/h12H,1-11H2. The summed E-state index contributed by atoms with van der Waals surface area (Å²) in [5.41, 5.74) is 1.50. The predicted octanol–water partition coefficient (Wildman–Crippen LogP) is 3.16. The number of rotatable bonds is 2. The van der Waals surface area contributed by atoms with Gasteiger partial charge in [-0.15, -0.1) is 11.3 Å². The number of piperazine rings is 1. The van der Waals surface area contributed by atoms with Gasteiger partial charge in [-0.25, -0.2) is 4.98 Å². The second kappa shape index (κ2) is 6.78. The molecule has 0 N–H and O–H groups in total. The summed E-state index contributed by atoms with van der Waals surface area (Å²) in [6.45, 7) is 1.31. The highest BCUT2D eigenvalue weighted by molar-refractivity contribution is 7.17. The van der Waals surface area contributed by atoms with Gasteiger partial charge in [-0.3, -0.25) is 14.0 Å². The van der Waals surface area contributed by atoms with E-state index >= 15 is 0 Å². The van der Waals surface area contributed by atoms with E-state index in [2.05, 4.69) is 4.98 Å². The van der Waals surface area contributed by atoms with E-state index in [1.165, 1.54) is 29.8 Å². The molecule has 0 atom stereocenters. The highest BCUT2D eigenvalue weighted by Gasteiger charge is 2.35. The van der Waals surface area contributed by atoms with Crippen LogP contribution in [0.15, 0.2) is 0 Å². The molecule has 0 bridgehead atoms. The van der Waals surface area contributed by atoms with Gasteiger partial charge >= 0.3 is 0 Å². The average molecular weight is 407 g/mol. The number of nitrogens with zero attached hydrogens (tertiary/aromatic N) is 4. The highest BCUT2D eigenvalue weighted by Crippen LogP contribution is 2.34. The van der Waals surface area contributed by atoms with Crippen molar-refractivity contribution in [2.45, 2.75) is 57.4 Å². The highest BCUT2D eigenvalue weighted by atomic mass is 35.5. The third-order valence-corrected chi connectivity index (χ3v) is 7.67. The molecule has 2 fully saturated rings. The van der Waals surface area contributed by atoms with Crippen molar-refractivity contribution in [2.24, 2.45) is 0 Å². The Hall–Kier alpha value is -1.60. The smallest absolute Gasteiger partial charge is 0.276 e. The van der Waals surface area contributed by atoms with Crippen LogP contribution in [0.3, 0.4) is 0 Å². The summed E-state index contributed by atoms with van der Waals surface area (Å²) < 4.78 is 1.95. The zero-order valence-electron chi connectivity index (χ0n) is 15.2. The molecule has 3 aliphatic rings. The van der Waals surface area contributed by atoms with E-state index in [4.69, 9.17) is 11.6 Å². The van der Waals surface area contributed by atoms with Crippen molar-refractivity contribution >= 4 is 39.7 Å². The fraction of sp³-hybridized carbons (Fsp3) is 0.632. The molecule has 27 heavy (non-hydrogen) atoms. The molecule has 6 nitrogen and oxygen atoms in total. The molecule has 1 saturated heterocycles. The first-order chi connectivity index (χ1) is 13.1. The summed E-state index contributed by atoms with van der Waals surface area (Å²) in [6.07, 6.45) is 8.98. The van der Waals surface area contributed by atoms with Crippen molar-refractivity contribution in [2.75, 3.05) is 19.6 Å². The van der Waals surface area contributed by atoms with Gasteiger partial charge in [0.1, 0.15) is 11.7 Å². The summed E-state index contributed by atoms with van der Waals surface area (Å²) in [5, 5.41) is 0.403. The topological polar surface area (TPSA) is 57.9 Å². The first-order valence-corrected chi connectivity index (χ1v) is 11.1. The van der Waals surface area contributed by atoms with Gasteiger partial charge in [0.25, 0.3) is 5.91 Å². The van der Waals surface area contributed by atoms with Crippen LogP contribution in [0.5, 0.6) is 0 Å². The van der Waals surface area contributed by atoms with Crippen LogP contribution in [0.4, 0.5) is 0 Å². The number of imidazole rings is 1. The number of carbonyl (C=O) groups is 2. The molecular formula is C19H23ClN4O2S. The summed E-state index contributed by atoms with van der Waals surface area (Å²) in [5.74, 6) is -0.170. The number of aryl methyl sites for hydroxylation is 2. The number of hydrogen-bond donors (Lipinski definition) is 0. The van der Waals surface area contributed by atoms with E-state index in [-0.39, 0.29) is 18.4 Å². The molecule has 0 radical (unpaired) electrons. The zero-order chi connectivity index (χ0) is 18.5. The predicted molar refractivity (Wildman–Crippen MR) is 105 cm³/mol. The number of amides is 2. The van der Waals surface area contributed by atoms with E-state index in [0.29, 0.717) is 30.0 Å². The van der Waals surface area contributed by atoms with Crippen LogP contribution in [-0.4, -0.2) is 56.7 Å². The normalized spacial score (nSPS) is 21.3. The number of thiazole rings is 1. The molecule has 8 heteroatoms. The van der Waals surface area contributed by atoms with Crippen molar-refractivity contribution in [1.29, 1.82) is 0 Å². The van der Waals surface area contributed by atoms with E-state index < -0.39 is 0 Å². The molecule has 2 amide bonds. The van der Waals surface area contributed by atoms with Gasteiger partial charge in [0, 0.05) is 29.7 Å². The Balaban J connectivity index is 1.37. The number of hydrogen-bond acceptors (Lipinski definition) is 4. The van der Waals surface area contributed by atoms with E-state index in [1.54, 1.807) is 16.2 Å². The van der Waals surface area contributed by atoms with Crippen molar-refractivity contribution in [3.8, 4) is 0 Å². The van der Waals surface area contributed by atoms with Crippen molar-refractivity contribution in [3.05, 3.63) is 21.4 Å². The summed E-state index contributed by atoms with van der Waals surface area (Å²) >= 11 is 8.22. The average Bonchev–Trinajstić information content (AvgIpc) is 3.38. The lowest BCUT2D eigenvalue weighted by Crippen LogP contribution is -2.55. The van der Waals surface area contributed by atoms with Gasteiger partial charge in [-0.05, 0) is 38.5 Å². The van der Waals surface area contributed by atoms with Crippen LogP contribution in [0, 0.1) is 0 Å². The monoisotopic (exact) mass is 406 g/mol. The lowest BCUT2D eigenvalue weighted by atomic mass is 10.0. The van der Waals surface area contributed by atoms with Crippen LogP contribution in [0.1, 0.15) is 59.6 Å². The summed E-state index contributed by atoms with van der Waals surface area (Å²) in [7, 11) is 0. The Morgan fingerprint density at radius 1 is 1.11 bits per heavy atom. The second-order valence-corrected chi connectivity index (χ2v) is 9.22. The van der Waals surface area contributed by atoms with Crippen LogP contribution in [0.25, 0.3) is 4.96 Å². The lowest BCUT2D eigenvalue weighted by Gasteiger charge is -2.37. The molecular weight excluding hydrogens is 384 g/mol. The number of fused-ring (bicyclic) bond motifs is 3. The van der Waals surface area contributed by atoms with Crippen molar-refractivity contribution < 1.29 is 9.59 Å². The molecule has 0 unspecified atom stereocenters. The molecule has 2 aliphatic carbocycles. The maximum absolute atomic E-state index is 13.0. The maximum atomic E-state index is 13.0. The molecule has 0 aromatic carbocycles. The summed E-state index contributed by atoms with van der Waals surface area (Å²) in [6, 6.07) is 0.364. The number of aromatic nitrogens is 2. The van der Waals surface area contributed by atoms with Gasteiger partial charge in [0.15, 0.2) is 10.7 Å². The van der Waals surface area contributed by atoms with E-state index in [9.17, 15) is 9.59 Å². The quantitative estimate of drug-likeness (QED) is 0.769. The molecule has 2 aromatic rings.